The summed E-state index contributed by atoms with van der Waals surface area (Å²) < 4.78 is 12.6. The lowest BCUT2D eigenvalue weighted by molar-refractivity contribution is -0.134. The van der Waals surface area contributed by atoms with E-state index in [1.54, 1.807) is 11.6 Å². The number of carbonyl (C=O) groups excluding carboxylic acids is 1. The van der Waals surface area contributed by atoms with Crippen molar-refractivity contribution in [2.24, 2.45) is 7.05 Å². The van der Waals surface area contributed by atoms with Crippen molar-refractivity contribution in [3.8, 4) is 17.6 Å². The Kier molecular flexibility index (Phi) is 6.05. The number of esters is 1. The molecular formula is C18H20ClN3O3. The van der Waals surface area contributed by atoms with Gasteiger partial charge in [0, 0.05) is 18.8 Å². The summed E-state index contributed by atoms with van der Waals surface area (Å²) in [4.78, 5) is 12.2. The van der Waals surface area contributed by atoms with Gasteiger partial charge in [0.2, 0.25) is 0 Å². The van der Waals surface area contributed by atoms with E-state index in [2.05, 4.69) is 5.10 Å². The van der Waals surface area contributed by atoms with Gasteiger partial charge in [0.15, 0.2) is 11.5 Å². The molecule has 0 bridgehead atoms. The first-order chi connectivity index (χ1) is 11.9. The molecule has 0 aliphatic rings. The third-order valence-electron chi connectivity index (χ3n) is 3.89. The summed E-state index contributed by atoms with van der Waals surface area (Å²) in [6.07, 6.45) is 0.720. The number of nitrogens with zero attached hydrogens (tertiary/aromatic N) is 3. The molecule has 0 radical (unpaired) electrons. The Morgan fingerprint density at radius 1 is 1.40 bits per heavy atom. The molecule has 0 unspecified atom stereocenters. The van der Waals surface area contributed by atoms with Crippen LogP contribution in [0.5, 0.6) is 11.5 Å². The molecule has 0 amide bonds. The third kappa shape index (κ3) is 4.31. The smallest absolute Gasteiger partial charge is 0.311 e. The van der Waals surface area contributed by atoms with Crippen LogP contribution in [0.15, 0.2) is 12.1 Å². The van der Waals surface area contributed by atoms with Crippen LogP contribution in [0.3, 0.4) is 0 Å². The molecule has 1 aromatic heterocycles. The summed E-state index contributed by atoms with van der Waals surface area (Å²) in [5.74, 6) is 0.0102. The minimum Gasteiger partial charge on any atom is -0.490 e. The quantitative estimate of drug-likeness (QED) is 0.581. The molecule has 25 heavy (non-hydrogen) atoms. The molecule has 132 valence electrons. The number of ether oxygens (including phenoxy) is 2. The zero-order chi connectivity index (χ0) is 18.6. The summed E-state index contributed by atoms with van der Waals surface area (Å²) in [7, 11) is 1.87. The van der Waals surface area contributed by atoms with Crippen LogP contribution in [0.4, 0.5) is 0 Å². The Hall–Kier alpha value is -2.52. The van der Waals surface area contributed by atoms with Crippen LogP contribution < -0.4 is 9.47 Å². The average molecular weight is 362 g/mol. The molecule has 0 saturated carbocycles. The number of hydrogen-bond donors (Lipinski definition) is 0. The summed E-state index contributed by atoms with van der Waals surface area (Å²) in [5.41, 5.74) is 3.31. The molecule has 2 aromatic rings. The van der Waals surface area contributed by atoms with Gasteiger partial charge in [-0.05, 0) is 38.8 Å². The largest absolute Gasteiger partial charge is 0.490 e. The minimum absolute atomic E-state index is 0.146. The van der Waals surface area contributed by atoms with Crippen LogP contribution in [0.25, 0.3) is 0 Å². The van der Waals surface area contributed by atoms with Gasteiger partial charge >= 0.3 is 5.97 Å². The molecule has 0 saturated heterocycles. The number of aromatic nitrogens is 2. The van der Waals surface area contributed by atoms with Crippen molar-refractivity contribution in [2.75, 3.05) is 6.61 Å². The number of rotatable bonds is 6. The van der Waals surface area contributed by atoms with Gasteiger partial charge in [-0.3, -0.25) is 9.48 Å². The van der Waals surface area contributed by atoms with Gasteiger partial charge in [0.25, 0.3) is 0 Å². The maximum atomic E-state index is 12.2. The second kappa shape index (κ2) is 8.04. The maximum absolute atomic E-state index is 12.2. The first-order valence-electron chi connectivity index (χ1n) is 7.93. The highest BCUT2D eigenvalue weighted by Gasteiger charge is 2.18. The molecule has 6 nitrogen and oxygen atoms in total. The molecule has 0 fully saturated rings. The maximum Gasteiger partial charge on any atom is 0.311 e. The van der Waals surface area contributed by atoms with Gasteiger partial charge in [-0.2, -0.15) is 10.4 Å². The van der Waals surface area contributed by atoms with Crippen LogP contribution in [0.1, 0.15) is 35.9 Å². The Labute approximate surface area is 151 Å². The number of carbonyl (C=O) groups is 1. The molecule has 0 N–H and O–H groups in total. The normalized spacial score (nSPS) is 10.4. The average Bonchev–Trinajstić information content (AvgIpc) is 2.81. The van der Waals surface area contributed by atoms with Crippen LogP contribution in [0, 0.1) is 25.2 Å². The van der Waals surface area contributed by atoms with Crippen LogP contribution in [-0.4, -0.2) is 22.4 Å². The Bertz CT molecular complexity index is 837. The van der Waals surface area contributed by atoms with Crippen molar-refractivity contribution in [2.45, 2.75) is 33.6 Å². The topological polar surface area (TPSA) is 77.1 Å². The Morgan fingerprint density at radius 2 is 2.12 bits per heavy atom. The number of aryl methyl sites for hydroxylation is 2. The molecule has 7 heteroatoms. The summed E-state index contributed by atoms with van der Waals surface area (Å²) >= 11 is 6.14. The number of nitriles is 1. The highest BCUT2D eigenvalue weighted by Crippen LogP contribution is 2.36. The van der Waals surface area contributed by atoms with E-state index in [0.717, 1.165) is 17.0 Å². The van der Waals surface area contributed by atoms with Gasteiger partial charge in [0.1, 0.15) is 0 Å². The van der Waals surface area contributed by atoms with Gasteiger partial charge in [0.05, 0.1) is 35.4 Å². The Balaban J connectivity index is 2.13. The van der Waals surface area contributed by atoms with Crippen LogP contribution in [-0.2, 0) is 18.3 Å². The second-order valence-corrected chi connectivity index (χ2v) is 5.98. The van der Waals surface area contributed by atoms with E-state index in [4.69, 9.17) is 26.3 Å². The van der Waals surface area contributed by atoms with E-state index in [1.165, 1.54) is 12.1 Å². The third-order valence-corrected chi connectivity index (χ3v) is 4.17. The van der Waals surface area contributed by atoms with Gasteiger partial charge in [-0.1, -0.05) is 11.6 Å². The van der Waals surface area contributed by atoms with Crippen molar-refractivity contribution in [1.29, 1.82) is 5.26 Å². The van der Waals surface area contributed by atoms with Crippen molar-refractivity contribution >= 4 is 17.6 Å². The van der Waals surface area contributed by atoms with E-state index in [-0.39, 0.29) is 22.9 Å². The molecule has 0 aliphatic heterocycles. The van der Waals surface area contributed by atoms with Crippen molar-refractivity contribution in [3.63, 3.8) is 0 Å². The monoisotopic (exact) mass is 361 g/mol. The van der Waals surface area contributed by atoms with Crippen LogP contribution >= 0.6 is 11.6 Å². The fourth-order valence-corrected chi connectivity index (χ4v) is 2.81. The molecule has 0 atom stereocenters. The lowest BCUT2D eigenvalue weighted by atomic mass is 10.1. The molecule has 0 spiro atoms. The fourth-order valence-electron chi connectivity index (χ4n) is 2.57. The predicted molar refractivity (Wildman–Crippen MR) is 94.0 cm³/mol. The van der Waals surface area contributed by atoms with Crippen LogP contribution in [0.2, 0.25) is 5.02 Å². The van der Waals surface area contributed by atoms with Gasteiger partial charge in [-0.15, -0.1) is 0 Å². The first kappa shape index (κ1) is 18.8. The SMILES string of the molecule is CCOc1cc(C#N)cc(Cl)c1OC(=O)CCc1c(C)nn(C)c1C. The lowest BCUT2D eigenvalue weighted by Gasteiger charge is -2.12. The van der Waals surface area contributed by atoms with E-state index >= 15 is 0 Å². The zero-order valence-corrected chi connectivity index (χ0v) is 15.5. The highest BCUT2D eigenvalue weighted by atomic mass is 35.5. The molecular weight excluding hydrogens is 342 g/mol. The standard InChI is InChI=1S/C18H20ClN3O3/c1-5-24-16-9-13(10-20)8-15(19)18(16)25-17(23)7-6-14-11(2)21-22(4)12(14)3/h8-9H,5-7H2,1-4H3. The van der Waals surface area contributed by atoms with E-state index in [1.807, 2.05) is 27.0 Å². The predicted octanol–water partition coefficient (Wildman–Crippen LogP) is 3.50. The van der Waals surface area contributed by atoms with E-state index < -0.39 is 5.97 Å². The van der Waals surface area contributed by atoms with E-state index in [0.29, 0.717) is 18.6 Å². The highest BCUT2D eigenvalue weighted by molar-refractivity contribution is 6.32. The lowest BCUT2D eigenvalue weighted by Crippen LogP contribution is -2.11. The van der Waals surface area contributed by atoms with Crippen molar-refractivity contribution < 1.29 is 14.3 Å². The first-order valence-corrected chi connectivity index (χ1v) is 8.31. The number of hydrogen-bond acceptors (Lipinski definition) is 5. The molecule has 0 aliphatic carbocycles. The van der Waals surface area contributed by atoms with Gasteiger partial charge in [-0.25, -0.2) is 0 Å². The summed E-state index contributed by atoms with van der Waals surface area (Å²) in [6.45, 7) is 6.04. The fraction of sp³-hybridized carbons (Fsp3) is 0.389. The minimum atomic E-state index is -0.421. The molecule has 2 rings (SSSR count). The summed E-state index contributed by atoms with van der Waals surface area (Å²) in [5, 5.41) is 13.5. The second-order valence-electron chi connectivity index (χ2n) is 5.58. The molecule has 1 heterocycles. The van der Waals surface area contributed by atoms with Crippen molar-refractivity contribution in [3.05, 3.63) is 39.7 Å². The molecule has 1 aromatic carbocycles. The number of halogens is 1. The summed E-state index contributed by atoms with van der Waals surface area (Å²) in [6, 6.07) is 4.95. The van der Waals surface area contributed by atoms with E-state index in [9.17, 15) is 4.79 Å². The van der Waals surface area contributed by atoms with Crippen molar-refractivity contribution in [1.82, 2.24) is 9.78 Å². The Morgan fingerprint density at radius 3 is 2.68 bits per heavy atom. The number of benzene rings is 1. The zero-order valence-electron chi connectivity index (χ0n) is 14.7. The van der Waals surface area contributed by atoms with Gasteiger partial charge < -0.3 is 9.47 Å².